The first-order chi connectivity index (χ1) is 44.2. The maximum Gasteiger partial charge on any atom is 0.246 e. The standard InChI is InChI=1S/C69H124N12O14/c1-25-27-28-45(13)58(82)57-62(86)72-50(26-2)65(89)74(18)49(17)64(88)79(23)56(46(14)39-95-36-33-81-31-34-94-35-32-81)61(85)73-54(43(9)10)68(92)75(19)51(30-29-40(3)4)60(84)70-47(15)59(83)71-48(16)63(87)76(20)52(37-41(5)6)66(90)77(21)53(38-42(7)8)67(91)78(22)55(44(11)12)69(93)80(57)24/h25,27,40-58,82H,26,28-39H2,1-24H3,(H,70,84)(H,71,83)(H,72,86)(H,73,85)/b27-25+/t45-,46-,47+,48-,49-,50+,51+,52+,53+,54+,55+,56+,57+,58-/m1/s1. The number of carbonyl (C=O) groups excluding carboxylic acids is 11. The van der Waals surface area contributed by atoms with E-state index in [1.54, 1.807) is 61.5 Å². The van der Waals surface area contributed by atoms with Gasteiger partial charge in [-0.05, 0) is 102 Å². The van der Waals surface area contributed by atoms with E-state index in [0.717, 1.165) is 22.9 Å². The molecular weight excluding hydrogens is 1220 g/mol. The Kier molecular flexibility index (Phi) is 35.6. The summed E-state index contributed by atoms with van der Waals surface area (Å²) in [5.41, 5.74) is 0. The van der Waals surface area contributed by atoms with Gasteiger partial charge in [-0.25, -0.2) is 0 Å². The third kappa shape index (κ3) is 24.1. The molecule has 0 aromatic heterocycles. The van der Waals surface area contributed by atoms with Crippen molar-refractivity contribution in [2.45, 2.75) is 229 Å². The van der Waals surface area contributed by atoms with Crippen molar-refractivity contribution in [2.24, 2.45) is 41.4 Å². The van der Waals surface area contributed by atoms with Crippen molar-refractivity contribution in [3.8, 4) is 0 Å². The average molecular weight is 1350 g/mol. The number of hydrogen-bond donors (Lipinski definition) is 5. The molecule has 26 heteroatoms. The SMILES string of the molecule is C/C=C/C[C@@H](C)[C@@H](O)[C@H]1C(=O)N[C@@H](CC)C(=O)N(C)[C@H](C)C(=O)N(C)[C@@H]([C@H](C)COCCN2CCOCC2)C(=O)N[C@@H](C(C)C)C(=O)N(C)[C@@H](CCC(C)C)C(=O)N[C@@H](C)C(=O)N[C@H](C)C(=O)N(C)[C@@H](CC(C)C)C(=O)N(C)[C@@H](CC(C)C)C(=O)N(C)[C@@H](C(C)C)C(=O)N1C. The maximum atomic E-state index is 15.3. The lowest BCUT2D eigenvalue weighted by molar-refractivity contribution is -0.157. The Balaban J connectivity index is 3.03. The molecule has 14 atom stereocenters. The van der Waals surface area contributed by atoms with Crippen LogP contribution in [0, 0.1) is 41.4 Å². The van der Waals surface area contributed by atoms with Gasteiger partial charge in [-0.2, -0.15) is 0 Å². The highest BCUT2D eigenvalue weighted by atomic mass is 16.5. The zero-order valence-corrected chi connectivity index (χ0v) is 62.1. The zero-order valence-electron chi connectivity index (χ0n) is 62.1. The molecule has 0 aromatic rings. The molecule has 0 unspecified atom stereocenters. The van der Waals surface area contributed by atoms with Crippen molar-refractivity contribution in [3.05, 3.63) is 12.2 Å². The molecule has 0 saturated carbocycles. The molecule has 2 saturated heterocycles. The number of aliphatic hydroxyl groups is 1. The van der Waals surface area contributed by atoms with Gasteiger partial charge in [-0.3, -0.25) is 57.6 Å². The summed E-state index contributed by atoms with van der Waals surface area (Å²) in [6.07, 6.45) is 3.29. The van der Waals surface area contributed by atoms with E-state index in [9.17, 15) is 33.9 Å². The minimum absolute atomic E-state index is 0.00364. The quantitative estimate of drug-likeness (QED) is 0.0865. The van der Waals surface area contributed by atoms with Gasteiger partial charge in [0.1, 0.15) is 66.5 Å². The van der Waals surface area contributed by atoms with Crippen LogP contribution in [-0.2, 0) is 62.2 Å². The summed E-state index contributed by atoms with van der Waals surface area (Å²) in [5, 5.41) is 23.4. The molecule has 2 aliphatic heterocycles. The number of ether oxygens (including phenoxy) is 2. The summed E-state index contributed by atoms with van der Waals surface area (Å²) in [4.78, 5) is 174. The van der Waals surface area contributed by atoms with Crippen LogP contribution in [0.5, 0.6) is 0 Å². The number of nitrogens with zero attached hydrogens (tertiary/aromatic N) is 8. The number of likely N-dealkylation sites (N-methyl/N-ethyl adjacent to an activating group) is 7. The van der Waals surface area contributed by atoms with Crippen LogP contribution in [0.3, 0.4) is 0 Å². The molecule has 0 aromatic carbocycles. The summed E-state index contributed by atoms with van der Waals surface area (Å²) in [6.45, 7) is 33.1. The molecule has 11 amide bonds. The smallest absolute Gasteiger partial charge is 0.246 e. The van der Waals surface area contributed by atoms with Crippen LogP contribution in [0.4, 0.5) is 0 Å². The summed E-state index contributed by atoms with van der Waals surface area (Å²) in [6, 6.07) is -14.0. The molecule has 2 fully saturated rings. The Hall–Kier alpha value is -6.25. The molecular formula is C69H124N12O14. The molecule has 2 rings (SSSR count). The number of amides is 11. The van der Waals surface area contributed by atoms with E-state index in [-0.39, 0.29) is 50.0 Å². The van der Waals surface area contributed by atoms with Gasteiger partial charge in [0.25, 0.3) is 0 Å². The summed E-state index contributed by atoms with van der Waals surface area (Å²) >= 11 is 0. The number of allylic oxidation sites excluding steroid dienone is 2. The van der Waals surface area contributed by atoms with Crippen LogP contribution in [-0.4, -0.2) is 277 Å². The van der Waals surface area contributed by atoms with Crippen molar-refractivity contribution in [1.29, 1.82) is 0 Å². The number of hydrogen-bond acceptors (Lipinski definition) is 15. The van der Waals surface area contributed by atoms with Crippen molar-refractivity contribution in [1.82, 2.24) is 60.5 Å². The third-order valence-corrected chi connectivity index (χ3v) is 18.7. The molecule has 26 nitrogen and oxygen atoms in total. The lowest BCUT2D eigenvalue weighted by atomic mass is 9.91. The minimum atomic E-state index is -1.64. The summed E-state index contributed by atoms with van der Waals surface area (Å²) in [7, 11) is 9.95. The number of morpholine rings is 1. The van der Waals surface area contributed by atoms with Gasteiger partial charge in [0.15, 0.2) is 0 Å². The highest BCUT2D eigenvalue weighted by Gasteiger charge is 2.46. The average Bonchev–Trinajstić information content (AvgIpc) is 0.847. The van der Waals surface area contributed by atoms with Crippen molar-refractivity contribution in [2.75, 3.05) is 95.4 Å². The fourth-order valence-corrected chi connectivity index (χ4v) is 12.3. The highest BCUT2D eigenvalue weighted by Crippen LogP contribution is 2.26. The first kappa shape index (κ1) is 84.8. The predicted octanol–water partition coefficient (Wildman–Crippen LogP) is 2.99. The fraction of sp³-hybridized carbons (Fsp3) is 0.812. The first-order valence-electron chi connectivity index (χ1n) is 34.5. The van der Waals surface area contributed by atoms with Crippen LogP contribution in [0.1, 0.15) is 156 Å². The van der Waals surface area contributed by atoms with E-state index in [1.807, 2.05) is 47.6 Å². The van der Waals surface area contributed by atoms with Crippen LogP contribution >= 0.6 is 0 Å². The van der Waals surface area contributed by atoms with E-state index in [0.29, 0.717) is 39.2 Å². The molecule has 544 valence electrons. The van der Waals surface area contributed by atoms with Crippen LogP contribution < -0.4 is 21.3 Å². The van der Waals surface area contributed by atoms with E-state index >= 15 is 24.0 Å². The Morgan fingerprint density at radius 2 is 1.02 bits per heavy atom. The van der Waals surface area contributed by atoms with Crippen LogP contribution in [0.25, 0.3) is 0 Å². The lowest BCUT2D eigenvalue weighted by Crippen LogP contribution is -2.64. The fourth-order valence-electron chi connectivity index (χ4n) is 12.3. The highest BCUT2D eigenvalue weighted by molar-refractivity contribution is 6.00. The molecule has 2 heterocycles. The normalized spacial score (nSPS) is 27.6. The van der Waals surface area contributed by atoms with Gasteiger partial charge in [0, 0.05) is 74.9 Å². The molecule has 0 bridgehead atoms. The predicted molar refractivity (Wildman–Crippen MR) is 365 cm³/mol. The second kappa shape index (κ2) is 39.8. The largest absolute Gasteiger partial charge is 0.390 e. The Morgan fingerprint density at radius 3 is 1.53 bits per heavy atom. The second-order valence-electron chi connectivity index (χ2n) is 28.6. The number of aliphatic hydroxyl groups excluding tert-OH is 1. The van der Waals surface area contributed by atoms with Crippen molar-refractivity contribution in [3.63, 3.8) is 0 Å². The molecule has 0 aliphatic carbocycles. The molecule has 0 spiro atoms. The number of nitrogens with one attached hydrogen (secondary N) is 4. The third-order valence-electron chi connectivity index (χ3n) is 18.7. The van der Waals surface area contributed by atoms with Crippen LogP contribution in [0.2, 0.25) is 0 Å². The Labute approximate surface area is 568 Å². The van der Waals surface area contributed by atoms with Crippen LogP contribution in [0.15, 0.2) is 12.2 Å². The topological polar surface area (TPSA) is 300 Å². The number of rotatable bonds is 20. The summed E-state index contributed by atoms with van der Waals surface area (Å²) in [5.74, 6) is -10.4. The van der Waals surface area contributed by atoms with Gasteiger partial charge in [-0.1, -0.05) is 102 Å². The maximum absolute atomic E-state index is 15.3. The van der Waals surface area contributed by atoms with Gasteiger partial charge in [0.2, 0.25) is 65.0 Å². The van der Waals surface area contributed by atoms with Gasteiger partial charge in [-0.15, -0.1) is 0 Å². The zero-order chi connectivity index (χ0) is 72.8. The minimum Gasteiger partial charge on any atom is -0.390 e. The van der Waals surface area contributed by atoms with Crippen molar-refractivity contribution >= 4 is 65.0 Å². The molecule has 5 N–H and O–H groups in total. The van der Waals surface area contributed by atoms with Gasteiger partial charge in [0.05, 0.1) is 32.5 Å². The summed E-state index contributed by atoms with van der Waals surface area (Å²) < 4.78 is 11.7. The lowest BCUT2D eigenvalue weighted by Gasteiger charge is -2.41. The van der Waals surface area contributed by atoms with E-state index in [4.69, 9.17) is 9.47 Å². The molecule has 95 heavy (non-hydrogen) atoms. The van der Waals surface area contributed by atoms with Crippen molar-refractivity contribution < 1.29 is 67.3 Å². The van der Waals surface area contributed by atoms with Gasteiger partial charge < -0.3 is 70.1 Å². The monoisotopic (exact) mass is 1340 g/mol. The second-order valence-corrected chi connectivity index (χ2v) is 28.6. The number of carbonyl (C=O) groups is 11. The van der Waals surface area contributed by atoms with E-state index in [2.05, 4.69) is 26.2 Å². The molecule has 2 aliphatic rings. The Bertz CT molecular complexity index is 2580. The Morgan fingerprint density at radius 1 is 0.526 bits per heavy atom. The van der Waals surface area contributed by atoms with E-state index in [1.165, 1.54) is 94.6 Å². The molecule has 0 radical (unpaired) electrons. The first-order valence-corrected chi connectivity index (χ1v) is 34.5. The van der Waals surface area contributed by atoms with E-state index < -0.39 is 161 Å². The van der Waals surface area contributed by atoms with Gasteiger partial charge >= 0.3 is 0 Å².